The van der Waals surface area contributed by atoms with Gasteiger partial charge in [-0.05, 0) is 50.3 Å². The lowest BCUT2D eigenvalue weighted by Gasteiger charge is -2.36. The van der Waals surface area contributed by atoms with E-state index in [0.29, 0.717) is 25.8 Å². The predicted octanol–water partition coefficient (Wildman–Crippen LogP) is 3.99. The molecule has 26 heavy (non-hydrogen) atoms. The van der Waals surface area contributed by atoms with Crippen LogP contribution in [0.5, 0.6) is 0 Å². The Morgan fingerprint density at radius 1 is 1.27 bits per heavy atom. The van der Waals surface area contributed by atoms with Gasteiger partial charge in [-0.3, -0.25) is 4.99 Å². The standard InChI is InChI=1S/C20H30FN3O.HI/c1-2-22-19(24-18-8-3-4-9-18)23-15-20(10-12-25-13-11-20)16-6-5-7-17(21)14-16;/h5-7,14,18H,2-4,8-13,15H2,1H3,(H2,22,23,24);1H. The highest BCUT2D eigenvalue weighted by molar-refractivity contribution is 14.0. The summed E-state index contributed by atoms with van der Waals surface area (Å²) < 4.78 is 19.4. The molecule has 3 rings (SSSR count). The van der Waals surface area contributed by atoms with Crippen molar-refractivity contribution < 1.29 is 9.13 Å². The summed E-state index contributed by atoms with van der Waals surface area (Å²) in [6.07, 6.45) is 6.77. The van der Waals surface area contributed by atoms with Crippen molar-refractivity contribution in [3.8, 4) is 0 Å². The van der Waals surface area contributed by atoms with Gasteiger partial charge in [0.2, 0.25) is 0 Å². The van der Waals surface area contributed by atoms with Crippen LogP contribution in [-0.2, 0) is 10.2 Å². The monoisotopic (exact) mass is 475 g/mol. The highest BCUT2D eigenvalue weighted by Gasteiger charge is 2.35. The quantitative estimate of drug-likeness (QED) is 0.385. The number of rotatable bonds is 5. The minimum absolute atomic E-state index is 0. The molecule has 1 saturated carbocycles. The zero-order chi connectivity index (χ0) is 17.5. The van der Waals surface area contributed by atoms with E-state index in [1.165, 1.54) is 31.7 Å². The van der Waals surface area contributed by atoms with Crippen LogP contribution >= 0.6 is 24.0 Å². The summed E-state index contributed by atoms with van der Waals surface area (Å²) in [5.74, 6) is 0.708. The molecule has 1 heterocycles. The van der Waals surface area contributed by atoms with Crippen LogP contribution in [0.15, 0.2) is 29.3 Å². The maximum Gasteiger partial charge on any atom is 0.191 e. The van der Waals surface area contributed by atoms with E-state index in [1.807, 2.05) is 6.07 Å². The van der Waals surface area contributed by atoms with Gasteiger partial charge < -0.3 is 15.4 Å². The largest absolute Gasteiger partial charge is 0.381 e. The zero-order valence-corrected chi connectivity index (χ0v) is 17.9. The number of aliphatic imine (C=N–C) groups is 1. The second-order valence-corrected chi connectivity index (χ2v) is 7.22. The van der Waals surface area contributed by atoms with Gasteiger partial charge in [0.15, 0.2) is 5.96 Å². The van der Waals surface area contributed by atoms with Crippen LogP contribution < -0.4 is 10.6 Å². The van der Waals surface area contributed by atoms with E-state index in [-0.39, 0.29) is 35.2 Å². The molecule has 0 amide bonds. The Morgan fingerprint density at radius 3 is 2.65 bits per heavy atom. The SMILES string of the molecule is CCNC(=NCC1(c2cccc(F)c2)CCOCC1)NC1CCCC1.I. The van der Waals surface area contributed by atoms with Crippen molar-refractivity contribution >= 4 is 29.9 Å². The molecule has 146 valence electrons. The van der Waals surface area contributed by atoms with Gasteiger partial charge in [-0.2, -0.15) is 0 Å². The first-order valence-electron chi connectivity index (χ1n) is 9.60. The third-order valence-corrected chi connectivity index (χ3v) is 5.47. The lowest BCUT2D eigenvalue weighted by Crippen LogP contribution is -2.44. The number of benzene rings is 1. The second kappa shape index (κ2) is 10.4. The molecule has 1 aromatic carbocycles. The van der Waals surface area contributed by atoms with Gasteiger partial charge in [0.05, 0.1) is 6.54 Å². The number of ether oxygens (including phenoxy) is 1. The van der Waals surface area contributed by atoms with Crippen molar-refractivity contribution in [3.05, 3.63) is 35.6 Å². The average molecular weight is 475 g/mol. The van der Waals surface area contributed by atoms with Crippen molar-refractivity contribution in [1.29, 1.82) is 0 Å². The van der Waals surface area contributed by atoms with Gasteiger partial charge in [-0.15, -0.1) is 24.0 Å². The van der Waals surface area contributed by atoms with Crippen molar-refractivity contribution in [2.24, 2.45) is 4.99 Å². The Balaban J connectivity index is 0.00000243. The molecule has 2 fully saturated rings. The molecule has 1 saturated heterocycles. The first kappa shape index (κ1) is 21.4. The lowest BCUT2D eigenvalue weighted by atomic mass is 9.74. The van der Waals surface area contributed by atoms with Crippen LogP contribution in [0.4, 0.5) is 4.39 Å². The Kier molecular flexibility index (Phi) is 8.60. The molecule has 1 aromatic rings. The fourth-order valence-corrected chi connectivity index (χ4v) is 3.93. The zero-order valence-electron chi connectivity index (χ0n) is 15.6. The fourth-order valence-electron chi connectivity index (χ4n) is 3.93. The van der Waals surface area contributed by atoms with Gasteiger partial charge in [0, 0.05) is 31.2 Å². The lowest BCUT2D eigenvalue weighted by molar-refractivity contribution is 0.0530. The molecular weight excluding hydrogens is 444 g/mol. The van der Waals surface area contributed by atoms with E-state index in [0.717, 1.165) is 30.9 Å². The van der Waals surface area contributed by atoms with Gasteiger partial charge in [-0.25, -0.2) is 4.39 Å². The predicted molar refractivity (Wildman–Crippen MR) is 115 cm³/mol. The van der Waals surface area contributed by atoms with Gasteiger partial charge in [0.1, 0.15) is 5.82 Å². The fraction of sp³-hybridized carbons (Fsp3) is 0.650. The molecule has 1 aliphatic carbocycles. The number of halogens is 2. The van der Waals surface area contributed by atoms with Crippen molar-refractivity contribution in [1.82, 2.24) is 10.6 Å². The second-order valence-electron chi connectivity index (χ2n) is 7.22. The summed E-state index contributed by atoms with van der Waals surface area (Å²) in [4.78, 5) is 4.90. The van der Waals surface area contributed by atoms with Gasteiger partial charge in [-0.1, -0.05) is 25.0 Å². The molecule has 6 heteroatoms. The smallest absolute Gasteiger partial charge is 0.191 e. The minimum Gasteiger partial charge on any atom is -0.381 e. The number of nitrogens with zero attached hydrogens (tertiary/aromatic N) is 1. The van der Waals surface area contributed by atoms with E-state index in [2.05, 4.69) is 17.6 Å². The summed E-state index contributed by atoms with van der Waals surface area (Å²) in [6.45, 7) is 5.00. The Morgan fingerprint density at radius 2 is 2.00 bits per heavy atom. The van der Waals surface area contributed by atoms with Crippen molar-refractivity contribution in [3.63, 3.8) is 0 Å². The summed E-state index contributed by atoms with van der Waals surface area (Å²) in [7, 11) is 0. The summed E-state index contributed by atoms with van der Waals surface area (Å²) in [5.41, 5.74) is 0.898. The van der Waals surface area contributed by atoms with Crippen LogP contribution in [0.2, 0.25) is 0 Å². The van der Waals surface area contributed by atoms with E-state index in [4.69, 9.17) is 9.73 Å². The van der Waals surface area contributed by atoms with Crippen LogP contribution in [0, 0.1) is 5.82 Å². The molecule has 0 radical (unpaired) electrons. The van der Waals surface area contributed by atoms with Crippen LogP contribution in [0.1, 0.15) is 51.0 Å². The van der Waals surface area contributed by atoms with Crippen molar-refractivity contribution in [2.75, 3.05) is 26.3 Å². The number of guanidine groups is 1. The molecule has 0 spiro atoms. The van der Waals surface area contributed by atoms with Crippen LogP contribution in [0.25, 0.3) is 0 Å². The molecule has 0 aromatic heterocycles. The topological polar surface area (TPSA) is 45.7 Å². The van der Waals surface area contributed by atoms with Gasteiger partial charge in [0.25, 0.3) is 0 Å². The number of hydrogen-bond acceptors (Lipinski definition) is 2. The average Bonchev–Trinajstić information content (AvgIpc) is 3.14. The highest BCUT2D eigenvalue weighted by atomic mass is 127. The van der Waals surface area contributed by atoms with E-state index < -0.39 is 0 Å². The Bertz CT molecular complexity index is 584. The maximum atomic E-state index is 13.8. The van der Waals surface area contributed by atoms with E-state index in [1.54, 1.807) is 12.1 Å². The third kappa shape index (κ3) is 5.55. The Labute approximate surface area is 173 Å². The molecule has 4 nitrogen and oxygen atoms in total. The van der Waals surface area contributed by atoms with E-state index in [9.17, 15) is 4.39 Å². The minimum atomic E-state index is -0.177. The van der Waals surface area contributed by atoms with Crippen LogP contribution in [0.3, 0.4) is 0 Å². The first-order chi connectivity index (χ1) is 12.2. The molecule has 0 bridgehead atoms. The summed E-state index contributed by atoms with van der Waals surface area (Å²) in [6, 6.07) is 7.52. The summed E-state index contributed by atoms with van der Waals surface area (Å²) >= 11 is 0. The Hall–Kier alpha value is -0.890. The van der Waals surface area contributed by atoms with Crippen LogP contribution in [-0.4, -0.2) is 38.3 Å². The first-order valence-corrected chi connectivity index (χ1v) is 9.60. The molecule has 0 atom stereocenters. The molecule has 2 N–H and O–H groups in total. The molecule has 2 aliphatic rings. The molecular formula is C20H31FIN3O. The molecule has 1 aliphatic heterocycles. The van der Waals surface area contributed by atoms with Gasteiger partial charge >= 0.3 is 0 Å². The molecule has 0 unspecified atom stereocenters. The van der Waals surface area contributed by atoms with E-state index >= 15 is 0 Å². The number of nitrogens with one attached hydrogen (secondary N) is 2. The third-order valence-electron chi connectivity index (χ3n) is 5.47. The summed E-state index contributed by atoms with van der Waals surface area (Å²) in [5, 5.41) is 6.93. The van der Waals surface area contributed by atoms with Crippen molar-refractivity contribution in [2.45, 2.75) is 56.9 Å². The maximum absolute atomic E-state index is 13.8. The normalized spacial score (nSPS) is 20.5. The number of hydrogen-bond donors (Lipinski definition) is 2. The highest BCUT2D eigenvalue weighted by Crippen LogP contribution is 2.35.